The Kier molecular flexibility index (Phi) is 8.14. The van der Waals surface area contributed by atoms with Gasteiger partial charge in [0.15, 0.2) is 28.2 Å². The van der Waals surface area contributed by atoms with Crippen molar-refractivity contribution in [2.24, 2.45) is 5.73 Å². The molecule has 1 aromatic carbocycles. The van der Waals surface area contributed by atoms with Crippen LogP contribution >= 0.6 is 11.8 Å². The maximum absolute atomic E-state index is 12.5. The van der Waals surface area contributed by atoms with Gasteiger partial charge >= 0.3 is 0 Å². The third-order valence-electron chi connectivity index (χ3n) is 4.20. The number of ether oxygens (including phenoxy) is 2. The van der Waals surface area contributed by atoms with E-state index in [0.29, 0.717) is 47.1 Å². The number of hydrogen-bond donors (Lipinski definition) is 2. The zero-order valence-electron chi connectivity index (χ0n) is 17.9. The van der Waals surface area contributed by atoms with Crippen LogP contribution in [0.1, 0.15) is 20.3 Å². The lowest BCUT2D eigenvalue weighted by Gasteiger charge is -2.13. The number of hydrogen-bond acceptors (Lipinski definition) is 8. The molecule has 0 unspecified atom stereocenters. The Bertz CT molecular complexity index is 1050. The largest absolute Gasteiger partial charge is 0.490 e. The van der Waals surface area contributed by atoms with Crippen molar-refractivity contribution in [2.45, 2.75) is 32.0 Å². The summed E-state index contributed by atoms with van der Waals surface area (Å²) in [6, 6.07) is 8.71. The Hall–Kier alpha value is -3.47. The molecule has 2 amide bonds. The van der Waals surface area contributed by atoms with Crippen LogP contribution < -0.4 is 20.5 Å². The van der Waals surface area contributed by atoms with Crippen molar-refractivity contribution in [3.63, 3.8) is 0 Å². The second-order valence-corrected chi connectivity index (χ2v) is 7.46. The summed E-state index contributed by atoms with van der Waals surface area (Å²) in [5, 5.41) is 11.6. The highest BCUT2D eigenvalue weighted by molar-refractivity contribution is 7.99. The first-order chi connectivity index (χ1) is 15.5. The summed E-state index contributed by atoms with van der Waals surface area (Å²) in [4.78, 5) is 23.8. The van der Waals surface area contributed by atoms with Crippen molar-refractivity contribution in [1.29, 1.82) is 0 Å². The van der Waals surface area contributed by atoms with Gasteiger partial charge in [-0.05, 0) is 38.1 Å². The Labute approximate surface area is 189 Å². The number of primary amides is 1. The van der Waals surface area contributed by atoms with Gasteiger partial charge in [-0.2, -0.15) is 0 Å². The molecule has 0 aliphatic rings. The average Bonchev–Trinajstić information content (AvgIpc) is 3.42. The minimum absolute atomic E-state index is 0.0873. The summed E-state index contributed by atoms with van der Waals surface area (Å²) in [7, 11) is 0. The van der Waals surface area contributed by atoms with E-state index in [1.54, 1.807) is 34.9 Å². The Morgan fingerprint density at radius 1 is 1.16 bits per heavy atom. The highest BCUT2D eigenvalue weighted by Gasteiger charge is 2.18. The summed E-state index contributed by atoms with van der Waals surface area (Å²) in [5.74, 6) is 1.57. The summed E-state index contributed by atoms with van der Waals surface area (Å²) in [6.45, 7) is 5.04. The van der Waals surface area contributed by atoms with Crippen LogP contribution in [-0.4, -0.2) is 45.5 Å². The quantitative estimate of drug-likeness (QED) is 0.395. The molecule has 2 heterocycles. The van der Waals surface area contributed by atoms with Crippen molar-refractivity contribution in [1.82, 2.24) is 14.8 Å². The molecule has 0 aliphatic carbocycles. The second kappa shape index (κ2) is 11.2. The molecule has 2 aromatic heterocycles. The number of carbonyl (C=O) groups is 2. The predicted molar refractivity (Wildman–Crippen MR) is 120 cm³/mol. The van der Waals surface area contributed by atoms with Gasteiger partial charge in [-0.3, -0.25) is 14.2 Å². The van der Waals surface area contributed by atoms with Crippen LogP contribution in [0, 0.1) is 0 Å². The van der Waals surface area contributed by atoms with Gasteiger partial charge < -0.3 is 24.9 Å². The van der Waals surface area contributed by atoms with Gasteiger partial charge in [-0.15, -0.1) is 10.2 Å². The molecule has 0 radical (unpaired) electrons. The first-order valence-corrected chi connectivity index (χ1v) is 11.1. The van der Waals surface area contributed by atoms with E-state index in [2.05, 4.69) is 15.5 Å². The predicted octanol–water partition coefficient (Wildman–Crippen LogP) is 2.94. The van der Waals surface area contributed by atoms with Crippen molar-refractivity contribution in [3.05, 3.63) is 36.6 Å². The summed E-state index contributed by atoms with van der Waals surface area (Å²) in [5.41, 5.74) is 5.88. The third-order valence-corrected chi connectivity index (χ3v) is 5.17. The molecule has 3 N–H and O–H groups in total. The number of anilines is 1. The van der Waals surface area contributed by atoms with Gasteiger partial charge in [0.2, 0.25) is 11.8 Å². The molecule has 0 fully saturated rings. The number of nitrogens with zero attached hydrogens (tertiary/aromatic N) is 3. The second-order valence-electron chi connectivity index (χ2n) is 6.52. The third kappa shape index (κ3) is 6.03. The highest BCUT2D eigenvalue weighted by atomic mass is 32.2. The van der Waals surface area contributed by atoms with Crippen LogP contribution in [0.4, 0.5) is 5.69 Å². The maximum Gasteiger partial charge on any atom is 0.234 e. The SMILES string of the molecule is CCOc1ccc(NC(=O)CSc2nnc(-c3ccco3)n2CCC(N)=O)cc1OCC. The van der Waals surface area contributed by atoms with Gasteiger partial charge in [0.25, 0.3) is 0 Å². The molecule has 3 rings (SSSR count). The first kappa shape index (κ1) is 23.2. The minimum Gasteiger partial charge on any atom is -0.490 e. The van der Waals surface area contributed by atoms with Gasteiger partial charge in [0, 0.05) is 24.7 Å². The highest BCUT2D eigenvalue weighted by Crippen LogP contribution is 2.31. The fraction of sp³-hybridized carbons (Fsp3) is 0.333. The van der Waals surface area contributed by atoms with Gasteiger partial charge in [-0.25, -0.2) is 0 Å². The number of nitrogens with two attached hydrogens (primary N) is 1. The number of amides is 2. The number of rotatable bonds is 12. The zero-order chi connectivity index (χ0) is 22.9. The topological polar surface area (TPSA) is 134 Å². The van der Waals surface area contributed by atoms with Crippen molar-refractivity contribution in [2.75, 3.05) is 24.3 Å². The van der Waals surface area contributed by atoms with E-state index in [0.717, 1.165) is 0 Å². The van der Waals surface area contributed by atoms with Crippen LogP contribution in [0.5, 0.6) is 11.5 Å². The number of aromatic nitrogens is 3. The molecular formula is C21H25N5O5S. The molecule has 32 heavy (non-hydrogen) atoms. The van der Waals surface area contributed by atoms with Crippen molar-refractivity contribution >= 4 is 29.3 Å². The molecule has 0 atom stereocenters. The lowest BCUT2D eigenvalue weighted by Crippen LogP contribution is -2.16. The van der Waals surface area contributed by atoms with Crippen LogP contribution in [-0.2, 0) is 16.1 Å². The minimum atomic E-state index is -0.446. The fourth-order valence-electron chi connectivity index (χ4n) is 2.86. The number of thioether (sulfide) groups is 1. The maximum atomic E-state index is 12.5. The average molecular weight is 460 g/mol. The molecule has 170 valence electrons. The molecule has 10 nitrogen and oxygen atoms in total. The van der Waals surface area contributed by atoms with Crippen LogP contribution in [0.25, 0.3) is 11.6 Å². The standard InChI is InChI=1S/C21H25N5O5S/c1-3-29-15-8-7-14(12-17(15)30-4-2)23-19(28)13-32-21-25-24-20(16-6-5-11-31-16)26(21)10-9-18(22)27/h5-8,11-12H,3-4,9-10,13H2,1-2H3,(H2,22,27)(H,23,28). The molecule has 11 heteroatoms. The molecule has 0 spiro atoms. The van der Waals surface area contributed by atoms with Crippen LogP contribution in [0.3, 0.4) is 0 Å². The van der Waals surface area contributed by atoms with E-state index in [4.69, 9.17) is 19.6 Å². The van der Waals surface area contributed by atoms with Gasteiger partial charge in [0.05, 0.1) is 25.2 Å². The van der Waals surface area contributed by atoms with E-state index < -0.39 is 5.91 Å². The van der Waals surface area contributed by atoms with E-state index in [1.807, 2.05) is 13.8 Å². The normalized spacial score (nSPS) is 10.7. The van der Waals surface area contributed by atoms with Gasteiger partial charge in [-0.1, -0.05) is 11.8 Å². The monoisotopic (exact) mass is 459 g/mol. The number of nitrogens with one attached hydrogen (secondary N) is 1. The Balaban J connectivity index is 1.68. The Morgan fingerprint density at radius 3 is 2.62 bits per heavy atom. The number of benzene rings is 1. The van der Waals surface area contributed by atoms with E-state index in [1.165, 1.54) is 18.0 Å². The Morgan fingerprint density at radius 2 is 1.94 bits per heavy atom. The van der Waals surface area contributed by atoms with E-state index >= 15 is 0 Å². The molecule has 0 aliphatic heterocycles. The molecule has 3 aromatic rings. The molecular weight excluding hydrogens is 434 g/mol. The first-order valence-electron chi connectivity index (χ1n) is 10.1. The molecule has 0 saturated carbocycles. The zero-order valence-corrected chi connectivity index (χ0v) is 18.7. The van der Waals surface area contributed by atoms with Crippen molar-refractivity contribution in [3.8, 4) is 23.1 Å². The van der Waals surface area contributed by atoms with Crippen LogP contribution in [0.2, 0.25) is 0 Å². The van der Waals surface area contributed by atoms with Crippen LogP contribution in [0.15, 0.2) is 46.2 Å². The lowest BCUT2D eigenvalue weighted by molar-refractivity contribution is -0.118. The summed E-state index contributed by atoms with van der Waals surface area (Å²) < 4.78 is 18.2. The number of furan rings is 1. The van der Waals surface area contributed by atoms with E-state index in [-0.39, 0.29) is 24.6 Å². The summed E-state index contributed by atoms with van der Waals surface area (Å²) in [6.07, 6.45) is 1.63. The van der Waals surface area contributed by atoms with Crippen molar-refractivity contribution < 1.29 is 23.5 Å². The molecule has 0 bridgehead atoms. The molecule has 0 saturated heterocycles. The smallest absolute Gasteiger partial charge is 0.234 e. The fourth-order valence-corrected chi connectivity index (χ4v) is 3.63. The summed E-state index contributed by atoms with van der Waals surface area (Å²) >= 11 is 1.20. The number of carbonyl (C=O) groups excluding carboxylic acids is 2. The lowest BCUT2D eigenvalue weighted by atomic mass is 10.2. The van der Waals surface area contributed by atoms with Gasteiger partial charge in [0.1, 0.15) is 0 Å². The van der Waals surface area contributed by atoms with E-state index in [9.17, 15) is 9.59 Å².